The maximum absolute atomic E-state index is 11.7. The zero-order valence-corrected chi connectivity index (χ0v) is 14.1. The lowest BCUT2D eigenvalue weighted by Gasteiger charge is -2.32. The van der Waals surface area contributed by atoms with Crippen molar-refractivity contribution in [3.8, 4) is 0 Å². The summed E-state index contributed by atoms with van der Waals surface area (Å²) in [5, 5.41) is 6.44. The third-order valence-corrected chi connectivity index (χ3v) is 4.49. The van der Waals surface area contributed by atoms with Gasteiger partial charge >= 0.3 is 6.09 Å². The number of piperidine rings is 1. The predicted molar refractivity (Wildman–Crippen MR) is 93.0 cm³/mol. The van der Waals surface area contributed by atoms with E-state index in [2.05, 4.69) is 10.6 Å². The molecule has 1 aliphatic heterocycles. The fourth-order valence-corrected chi connectivity index (χ4v) is 2.90. The van der Waals surface area contributed by atoms with Gasteiger partial charge in [-0.25, -0.2) is 4.79 Å². The van der Waals surface area contributed by atoms with E-state index in [-0.39, 0.29) is 17.9 Å². The van der Waals surface area contributed by atoms with E-state index in [9.17, 15) is 9.59 Å². The van der Waals surface area contributed by atoms with Crippen LogP contribution in [0.1, 0.15) is 32.6 Å². The van der Waals surface area contributed by atoms with Crippen LogP contribution >= 0.6 is 0 Å². The maximum Gasteiger partial charge on any atom is 0.409 e. The van der Waals surface area contributed by atoms with Crippen LogP contribution < -0.4 is 10.6 Å². The Kier molecular flexibility index (Phi) is 5.23. The van der Waals surface area contributed by atoms with Crippen LogP contribution in [0.15, 0.2) is 24.3 Å². The molecule has 3 rings (SSSR count). The molecular formula is C18H25N3O3. The lowest BCUT2D eigenvalue weighted by Crippen LogP contribution is -2.42. The van der Waals surface area contributed by atoms with Crippen molar-refractivity contribution in [2.24, 2.45) is 5.92 Å². The van der Waals surface area contributed by atoms with Crippen LogP contribution in [-0.2, 0) is 9.53 Å². The highest BCUT2D eigenvalue weighted by molar-refractivity contribution is 5.94. The lowest BCUT2D eigenvalue weighted by atomic mass is 10.0. The second-order valence-corrected chi connectivity index (χ2v) is 6.45. The molecule has 1 aliphatic carbocycles. The minimum Gasteiger partial charge on any atom is -0.450 e. The van der Waals surface area contributed by atoms with Crippen LogP contribution in [0.5, 0.6) is 0 Å². The number of hydrogen-bond acceptors (Lipinski definition) is 4. The van der Waals surface area contributed by atoms with Gasteiger partial charge in [0.15, 0.2) is 0 Å². The molecule has 24 heavy (non-hydrogen) atoms. The van der Waals surface area contributed by atoms with Crippen LogP contribution in [0.2, 0.25) is 0 Å². The van der Waals surface area contributed by atoms with E-state index in [1.807, 2.05) is 31.2 Å². The summed E-state index contributed by atoms with van der Waals surface area (Å²) in [5.41, 5.74) is 1.88. The van der Waals surface area contributed by atoms with Gasteiger partial charge in [0.1, 0.15) is 0 Å². The number of carbonyl (C=O) groups excluding carboxylic acids is 2. The summed E-state index contributed by atoms with van der Waals surface area (Å²) in [4.78, 5) is 25.2. The molecule has 1 aromatic carbocycles. The summed E-state index contributed by atoms with van der Waals surface area (Å²) in [5.74, 6) is 0.342. The first-order valence-corrected chi connectivity index (χ1v) is 8.75. The van der Waals surface area contributed by atoms with Crippen molar-refractivity contribution in [3.05, 3.63) is 24.3 Å². The summed E-state index contributed by atoms with van der Waals surface area (Å²) in [7, 11) is 0. The minimum absolute atomic E-state index is 0.127. The van der Waals surface area contributed by atoms with Crippen LogP contribution in [0.25, 0.3) is 0 Å². The molecule has 2 N–H and O–H groups in total. The van der Waals surface area contributed by atoms with Crippen molar-refractivity contribution in [1.29, 1.82) is 0 Å². The molecule has 0 unspecified atom stereocenters. The highest BCUT2D eigenvalue weighted by Gasteiger charge is 2.29. The SMILES string of the molecule is CCOC(=O)N1CCC(Nc2ccc(NC(=O)C3CC3)cc2)CC1. The third-order valence-electron chi connectivity index (χ3n) is 4.49. The number of rotatable bonds is 5. The van der Waals surface area contributed by atoms with Gasteiger partial charge in [-0.05, 0) is 56.9 Å². The van der Waals surface area contributed by atoms with E-state index >= 15 is 0 Å². The van der Waals surface area contributed by atoms with Crippen molar-refractivity contribution in [2.75, 3.05) is 30.3 Å². The van der Waals surface area contributed by atoms with Gasteiger partial charge in [-0.1, -0.05) is 0 Å². The summed E-state index contributed by atoms with van der Waals surface area (Å²) >= 11 is 0. The van der Waals surface area contributed by atoms with E-state index in [1.165, 1.54) is 0 Å². The summed E-state index contributed by atoms with van der Waals surface area (Å²) < 4.78 is 5.03. The fraction of sp³-hybridized carbons (Fsp3) is 0.556. The number of ether oxygens (including phenoxy) is 1. The first kappa shape index (κ1) is 16.6. The van der Waals surface area contributed by atoms with Crippen molar-refractivity contribution in [1.82, 2.24) is 4.90 Å². The molecule has 0 atom stereocenters. The average molecular weight is 331 g/mol. The Morgan fingerprint density at radius 3 is 2.29 bits per heavy atom. The molecule has 2 fully saturated rings. The second-order valence-electron chi connectivity index (χ2n) is 6.45. The smallest absolute Gasteiger partial charge is 0.409 e. The topological polar surface area (TPSA) is 70.7 Å². The number of nitrogens with zero attached hydrogens (tertiary/aromatic N) is 1. The molecule has 0 radical (unpaired) electrons. The first-order valence-electron chi connectivity index (χ1n) is 8.75. The summed E-state index contributed by atoms with van der Waals surface area (Å²) in [6, 6.07) is 8.18. The van der Waals surface area contributed by atoms with E-state index in [4.69, 9.17) is 4.74 Å². The Morgan fingerprint density at radius 1 is 1.08 bits per heavy atom. The van der Waals surface area contributed by atoms with Crippen LogP contribution in [0, 0.1) is 5.92 Å². The van der Waals surface area contributed by atoms with Gasteiger partial charge in [0.2, 0.25) is 5.91 Å². The number of likely N-dealkylation sites (tertiary alicyclic amines) is 1. The molecule has 1 heterocycles. The number of anilines is 2. The summed E-state index contributed by atoms with van der Waals surface area (Å²) in [6.07, 6.45) is 3.61. The van der Waals surface area contributed by atoms with Crippen LogP contribution in [0.3, 0.4) is 0 Å². The van der Waals surface area contributed by atoms with E-state index in [0.717, 1.165) is 37.1 Å². The first-order chi connectivity index (χ1) is 11.7. The molecule has 1 aromatic rings. The molecule has 1 saturated carbocycles. The van der Waals surface area contributed by atoms with Crippen molar-refractivity contribution < 1.29 is 14.3 Å². The van der Waals surface area contributed by atoms with Crippen LogP contribution in [-0.4, -0.2) is 42.6 Å². The predicted octanol–water partition coefficient (Wildman–Crippen LogP) is 3.07. The van der Waals surface area contributed by atoms with Gasteiger partial charge in [-0.3, -0.25) is 4.79 Å². The van der Waals surface area contributed by atoms with Gasteiger partial charge in [-0.2, -0.15) is 0 Å². The monoisotopic (exact) mass is 331 g/mol. The number of benzene rings is 1. The van der Waals surface area contributed by atoms with Gasteiger partial charge in [0.25, 0.3) is 0 Å². The largest absolute Gasteiger partial charge is 0.450 e. The average Bonchev–Trinajstić information content (AvgIpc) is 3.42. The molecule has 6 nitrogen and oxygen atoms in total. The minimum atomic E-state index is -0.216. The van der Waals surface area contributed by atoms with Crippen molar-refractivity contribution in [3.63, 3.8) is 0 Å². The summed E-state index contributed by atoms with van der Waals surface area (Å²) in [6.45, 7) is 3.67. The molecular weight excluding hydrogens is 306 g/mol. The van der Waals surface area contributed by atoms with Crippen molar-refractivity contribution in [2.45, 2.75) is 38.6 Å². The molecule has 2 aliphatic rings. The van der Waals surface area contributed by atoms with Crippen molar-refractivity contribution >= 4 is 23.4 Å². The Morgan fingerprint density at radius 2 is 1.71 bits per heavy atom. The van der Waals surface area contributed by atoms with Crippen LogP contribution in [0.4, 0.5) is 16.2 Å². The third kappa shape index (κ3) is 4.40. The van der Waals surface area contributed by atoms with Gasteiger partial charge < -0.3 is 20.3 Å². The quantitative estimate of drug-likeness (QED) is 0.870. The highest BCUT2D eigenvalue weighted by Crippen LogP contribution is 2.30. The maximum atomic E-state index is 11.7. The molecule has 0 bridgehead atoms. The van der Waals surface area contributed by atoms with E-state index < -0.39 is 0 Å². The normalized spacial score (nSPS) is 18.1. The number of nitrogens with one attached hydrogen (secondary N) is 2. The molecule has 1 saturated heterocycles. The second kappa shape index (κ2) is 7.55. The molecule has 2 amide bonds. The van der Waals surface area contributed by atoms with E-state index in [1.54, 1.807) is 4.90 Å². The standard InChI is InChI=1S/C18H25N3O3/c1-2-24-18(23)21-11-9-16(10-12-21)19-14-5-7-15(8-6-14)20-17(22)13-3-4-13/h5-8,13,16,19H,2-4,9-12H2,1H3,(H,20,22). The van der Waals surface area contributed by atoms with Gasteiger partial charge in [0.05, 0.1) is 6.61 Å². The van der Waals surface area contributed by atoms with Gasteiger partial charge in [0, 0.05) is 36.4 Å². The fourth-order valence-electron chi connectivity index (χ4n) is 2.90. The Balaban J connectivity index is 1.45. The van der Waals surface area contributed by atoms with Gasteiger partial charge in [-0.15, -0.1) is 0 Å². The molecule has 0 spiro atoms. The molecule has 6 heteroatoms. The Labute approximate surface area is 142 Å². The van der Waals surface area contributed by atoms with E-state index in [0.29, 0.717) is 25.7 Å². The Hall–Kier alpha value is -2.24. The molecule has 0 aromatic heterocycles. The molecule has 130 valence electrons. The zero-order chi connectivity index (χ0) is 16.9. The lowest BCUT2D eigenvalue weighted by molar-refractivity contribution is -0.117. The number of hydrogen-bond donors (Lipinski definition) is 2. The number of amides is 2. The highest BCUT2D eigenvalue weighted by atomic mass is 16.6. The Bertz CT molecular complexity index is 576. The number of carbonyl (C=O) groups is 2. The zero-order valence-electron chi connectivity index (χ0n) is 14.1.